The predicted octanol–water partition coefficient (Wildman–Crippen LogP) is 11.6. The number of hydrogen-bond acceptors (Lipinski definition) is 2. The van der Waals surface area contributed by atoms with Gasteiger partial charge in [-0.1, -0.05) is 152 Å². The van der Waals surface area contributed by atoms with Crippen molar-refractivity contribution in [3.63, 3.8) is 0 Å². The van der Waals surface area contributed by atoms with Crippen molar-refractivity contribution in [3.05, 3.63) is 119 Å². The summed E-state index contributed by atoms with van der Waals surface area (Å²) in [4.78, 5) is 0. The molecular weight excluding hydrogens is 496 g/mol. The maximum atomic E-state index is 3.94. The average Bonchev–Trinajstić information content (AvgIpc) is 3.75. The van der Waals surface area contributed by atoms with Crippen molar-refractivity contribution in [2.75, 3.05) is 0 Å². The van der Waals surface area contributed by atoms with Crippen molar-refractivity contribution in [2.45, 2.75) is 87.5 Å². The van der Waals surface area contributed by atoms with E-state index in [4.69, 9.17) is 0 Å². The van der Waals surface area contributed by atoms with Crippen LogP contribution in [-0.4, -0.2) is 11.4 Å². The molecule has 41 heavy (non-hydrogen) atoms. The van der Waals surface area contributed by atoms with Crippen LogP contribution >= 0.6 is 0 Å². The van der Waals surface area contributed by atoms with Crippen LogP contribution in [-0.2, 0) is 12.8 Å². The first kappa shape index (κ1) is 33.4. The van der Waals surface area contributed by atoms with E-state index in [0.717, 1.165) is 31.4 Å². The number of rotatable bonds is 1. The van der Waals surface area contributed by atoms with E-state index in [1.165, 1.54) is 56.6 Å². The summed E-state index contributed by atoms with van der Waals surface area (Å²) in [6, 6.07) is 34.6. The lowest BCUT2D eigenvalue weighted by molar-refractivity contribution is 1.09. The van der Waals surface area contributed by atoms with Gasteiger partial charge in [-0.05, 0) is 70.7 Å². The molecule has 0 radical (unpaired) electrons. The smallest absolute Gasteiger partial charge is 0.0459 e. The highest BCUT2D eigenvalue weighted by atomic mass is 15.2. The first-order valence-electron chi connectivity index (χ1n) is 15.6. The van der Waals surface area contributed by atoms with Crippen molar-refractivity contribution < 1.29 is 0 Å². The summed E-state index contributed by atoms with van der Waals surface area (Å²) in [5.41, 5.74) is 13.9. The molecule has 216 valence electrons. The van der Waals surface area contributed by atoms with Gasteiger partial charge in [-0.15, -0.1) is 0 Å². The Balaban J connectivity index is 0.000000198. The maximum absolute atomic E-state index is 3.94. The zero-order valence-electron chi connectivity index (χ0n) is 26.7. The highest BCUT2D eigenvalue weighted by molar-refractivity contribution is 6.06. The van der Waals surface area contributed by atoms with Gasteiger partial charge in [0.1, 0.15) is 0 Å². The van der Waals surface area contributed by atoms with Crippen molar-refractivity contribution in [3.8, 4) is 22.3 Å². The summed E-state index contributed by atoms with van der Waals surface area (Å²) in [5.74, 6) is 0. The molecule has 7 rings (SSSR count). The summed E-state index contributed by atoms with van der Waals surface area (Å²) in [7, 11) is 0. The minimum Gasteiger partial charge on any atom is -0.160 e. The Morgan fingerprint density at radius 3 is 0.976 bits per heavy atom. The molecule has 2 aliphatic carbocycles. The van der Waals surface area contributed by atoms with Crippen LogP contribution in [0.1, 0.15) is 96.9 Å². The van der Waals surface area contributed by atoms with Crippen LogP contribution in [0.3, 0.4) is 0 Å². The first-order chi connectivity index (χ1) is 20.1. The van der Waals surface area contributed by atoms with Gasteiger partial charge in [-0.2, -0.15) is 10.2 Å². The molecule has 0 N–H and O–H groups in total. The van der Waals surface area contributed by atoms with Crippen molar-refractivity contribution in [1.29, 1.82) is 0 Å². The summed E-state index contributed by atoms with van der Waals surface area (Å²) < 4.78 is 0. The molecule has 1 aliphatic heterocycles. The maximum Gasteiger partial charge on any atom is 0.0459 e. The Kier molecular flexibility index (Phi) is 15.1. The monoisotopic (exact) mass is 546 g/mol. The zero-order chi connectivity index (χ0) is 30.0. The minimum absolute atomic E-state index is 0.997. The molecule has 0 amide bonds. The van der Waals surface area contributed by atoms with Crippen LogP contribution in [0, 0.1) is 0 Å². The molecule has 3 aliphatic rings. The Morgan fingerprint density at radius 1 is 0.463 bits per heavy atom. The summed E-state index contributed by atoms with van der Waals surface area (Å²) in [6.45, 7) is 16.4. The standard InChI is InChI=1S/2C13H10.C6H10N2.C3H8.2C2H6/c2*1-3-7-12-10(5-1)9-11-6-2-4-8-13(11)12;1-3-6-4-5(2)7-8-6;1-3-2;2*1-2/h2*1-8H,9H2;3-4H2,1-2H3;3H2,1-2H3;2*1-2H3. The second-order valence-electron chi connectivity index (χ2n) is 9.72. The fourth-order valence-electron chi connectivity index (χ4n) is 4.88. The van der Waals surface area contributed by atoms with E-state index < -0.39 is 0 Å². The molecule has 0 saturated carbocycles. The second kappa shape index (κ2) is 18.5. The number of fused-ring (bicyclic) bond motifs is 6. The lowest BCUT2D eigenvalue weighted by atomic mass is 10.1. The van der Waals surface area contributed by atoms with E-state index >= 15 is 0 Å². The van der Waals surface area contributed by atoms with E-state index in [1.54, 1.807) is 0 Å². The molecular formula is C39H50N2. The fraction of sp³-hybridized carbons (Fsp3) is 0.333. The van der Waals surface area contributed by atoms with Crippen LogP contribution in [0.15, 0.2) is 107 Å². The van der Waals surface area contributed by atoms with Crippen molar-refractivity contribution in [1.82, 2.24) is 0 Å². The van der Waals surface area contributed by atoms with E-state index in [2.05, 4.69) is 128 Å². The molecule has 0 atom stereocenters. The third-order valence-electron chi connectivity index (χ3n) is 6.64. The van der Waals surface area contributed by atoms with Crippen LogP contribution in [0.2, 0.25) is 0 Å². The molecule has 0 spiro atoms. The average molecular weight is 547 g/mol. The van der Waals surface area contributed by atoms with E-state index in [1.807, 2.05) is 34.6 Å². The second-order valence-corrected chi connectivity index (χ2v) is 9.72. The Bertz CT molecular complexity index is 1220. The molecule has 1 heterocycles. The summed E-state index contributed by atoms with van der Waals surface area (Å²) in [6.07, 6.45) is 5.50. The molecule has 0 aromatic heterocycles. The topological polar surface area (TPSA) is 24.7 Å². The van der Waals surface area contributed by atoms with Crippen LogP contribution in [0.4, 0.5) is 0 Å². The predicted molar refractivity (Wildman–Crippen MR) is 183 cm³/mol. The van der Waals surface area contributed by atoms with Crippen molar-refractivity contribution in [2.24, 2.45) is 10.2 Å². The highest BCUT2D eigenvalue weighted by Gasteiger charge is 2.16. The third kappa shape index (κ3) is 9.39. The molecule has 0 saturated heterocycles. The lowest BCUT2D eigenvalue weighted by Crippen LogP contribution is -1.95. The van der Waals surface area contributed by atoms with Gasteiger partial charge in [0.15, 0.2) is 0 Å². The van der Waals surface area contributed by atoms with Gasteiger partial charge in [-0.25, -0.2) is 0 Å². The van der Waals surface area contributed by atoms with Crippen molar-refractivity contribution >= 4 is 11.4 Å². The zero-order valence-corrected chi connectivity index (χ0v) is 26.7. The van der Waals surface area contributed by atoms with Gasteiger partial charge < -0.3 is 0 Å². The Labute approximate surface area is 250 Å². The molecule has 0 fully saturated rings. The van der Waals surface area contributed by atoms with Gasteiger partial charge in [0.25, 0.3) is 0 Å². The van der Waals surface area contributed by atoms with Crippen LogP contribution < -0.4 is 0 Å². The minimum atomic E-state index is 0.997. The molecule has 0 bridgehead atoms. The first-order valence-corrected chi connectivity index (χ1v) is 15.6. The Hall–Kier alpha value is -3.78. The molecule has 4 aromatic carbocycles. The third-order valence-corrected chi connectivity index (χ3v) is 6.64. The number of nitrogens with zero attached hydrogens (tertiary/aromatic N) is 2. The van der Waals surface area contributed by atoms with Gasteiger partial charge in [0.05, 0.1) is 0 Å². The fourth-order valence-corrected chi connectivity index (χ4v) is 4.88. The number of benzene rings is 4. The van der Waals surface area contributed by atoms with Gasteiger partial charge in [0, 0.05) is 17.8 Å². The van der Waals surface area contributed by atoms with E-state index in [-0.39, 0.29) is 0 Å². The number of hydrogen-bond donors (Lipinski definition) is 0. The lowest BCUT2D eigenvalue weighted by Gasteiger charge is -1.98. The van der Waals surface area contributed by atoms with Gasteiger partial charge >= 0.3 is 0 Å². The van der Waals surface area contributed by atoms with Crippen LogP contribution in [0.5, 0.6) is 0 Å². The molecule has 2 heteroatoms. The van der Waals surface area contributed by atoms with Gasteiger partial charge in [0.2, 0.25) is 0 Å². The summed E-state index contributed by atoms with van der Waals surface area (Å²) >= 11 is 0. The SMILES string of the molecule is CC.CC.CCC.CCC1=NN=C(C)C1.c1ccc2c(c1)Cc1ccccc1-2.c1ccc2c(c1)Cc1ccccc1-2. The Morgan fingerprint density at radius 2 is 0.756 bits per heavy atom. The normalized spacial score (nSPS) is 12.1. The quantitative estimate of drug-likeness (QED) is 0.196. The molecule has 2 nitrogen and oxygen atoms in total. The van der Waals surface area contributed by atoms with Crippen LogP contribution in [0.25, 0.3) is 22.3 Å². The molecule has 0 unspecified atom stereocenters. The summed E-state index contributed by atoms with van der Waals surface area (Å²) in [5, 5.41) is 7.83. The molecule has 4 aromatic rings. The highest BCUT2D eigenvalue weighted by Crippen LogP contribution is 2.36. The van der Waals surface area contributed by atoms with E-state index in [9.17, 15) is 0 Å². The largest absolute Gasteiger partial charge is 0.160 e. The van der Waals surface area contributed by atoms with Gasteiger partial charge in [-0.3, -0.25) is 0 Å². The van der Waals surface area contributed by atoms with E-state index in [0.29, 0.717) is 0 Å².